The summed E-state index contributed by atoms with van der Waals surface area (Å²) in [6, 6.07) is 15.5. The molecule has 3 nitrogen and oxygen atoms in total. The number of nitrogens with zero attached hydrogens (tertiary/aromatic N) is 2. The van der Waals surface area contributed by atoms with Crippen LogP contribution in [0, 0.1) is 12.3 Å². The molecule has 0 aromatic heterocycles. The summed E-state index contributed by atoms with van der Waals surface area (Å²) in [5.74, 6) is 0. The number of diazo groups is 1. The summed E-state index contributed by atoms with van der Waals surface area (Å²) < 4.78 is 0. The fourth-order valence-electron chi connectivity index (χ4n) is 1.53. The summed E-state index contributed by atoms with van der Waals surface area (Å²) in [6.07, 6.45) is 0. The molecule has 0 unspecified atom stereocenters. The molecule has 0 radical (unpaired) electrons. The first kappa shape index (κ1) is 10.2. The van der Waals surface area contributed by atoms with Crippen LogP contribution in [0.5, 0.6) is 0 Å². The van der Waals surface area contributed by atoms with E-state index in [9.17, 15) is 0 Å². The number of nitrogens with one attached hydrogen (secondary N) is 1. The molecule has 2 aromatic carbocycles. The second-order valence-corrected chi connectivity index (χ2v) is 3.59. The van der Waals surface area contributed by atoms with E-state index >= 15 is 0 Å². The Hall–Kier alpha value is -2.34. The summed E-state index contributed by atoms with van der Waals surface area (Å²) >= 11 is 0. The van der Waals surface area contributed by atoms with Gasteiger partial charge in [0.05, 0.1) is 0 Å². The maximum absolute atomic E-state index is 8.70. The Bertz CT molecular complexity index is 527. The van der Waals surface area contributed by atoms with E-state index in [-0.39, 0.29) is 0 Å². The van der Waals surface area contributed by atoms with Gasteiger partial charge in [0.25, 0.3) is 0 Å². The molecule has 3 heteroatoms. The molecule has 2 aromatic rings. The number of hydrogen-bond acceptors (Lipinski definition) is 2. The van der Waals surface area contributed by atoms with Crippen LogP contribution >= 0.6 is 0 Å². The first-order chi connectivity index (χ1) is 7.79. The Balaban J connectivity index is 2.24. The number of hydrogen-bond donors (Lipinski definition) is 1. The fourth-order valence-corrected chi connectivity index (χ4v) is 1.53. The standard InChI is InChI=1S/C13H12N3/c1-10-9-12(7-8-13(10)16-14)15-11-5-3-2-4-6-11/h2-9,15H,1H3/q+1. The van der Waals surface area contributed by atoms with Crippen molar-refractivity contribution in [3.63, 3.8) is 0 Å². The Labute approximate surface area is 94.4 Å². The number of anilines is 2. The maximum atomic E-state index is 8.70. The van der Waals surface area contributed by atoms with Crippen molar-refractivity contribution in [1.82, 2.24) is 0 Å². The van der Waals surface area contributed by atoms with Gasteiger partial charge in [-0.05, 0) is 31.2 Å². The predicted octanol–water partition coefficient (Wildman–Crippen LogP) is 4.22. The van der Waals surface area contributed by atoms with Crippen LogP contribution in [0.4, 0.5) is 17.1 Å². The van der Waals surface area contributed by atoms with Crippen molar-refractivity contribution in [2.24, 2.45) is 0 Å². The Morgan fingerprint density at radius 3 is 2.38 bits per heavy atom. The predicted molar refractivity (Wildman–Crippen MR) is 65.6 cm³/mol. The third kappa shape index (κ3) is 2.18. The number of para-hydroxylation sites is 1. The van der Waals surface area contributed by atoms with Crippen LogP contribution in [0.25, 0.3) is 4.98 Å². The van der Waals surface area contributed by atoms with Crippen LogP contribution in [0.1, 0.15) is 5.56 Å². The Kier molecular flexibility index (Phi) is 2.84. The number of rotatable bonds is 2. The second kappa shape index (κ2) is 4.45. The van der Waals surface area contributed by atoms with E-state index in [0.717, 1.165) is 16.9 Å². The van der Waals surface area contributed by atoms with Crippen LogP contribution in [0.2, 0.25) is 0 Å². The largest absolute Gasteiger partial charge is 0.388 e. The molecule has 0 fully saturated rings. The first-order valence-corrected chi connectivity index (χ1v) is 5.07. The summed E-state index contributed by atoms with van der Waals surface area (Å²) in [5, 5.41) is 12.0. The van der Waals surface area contributed by atoms with Crippen LogP contribution in [0.15, 0.2) is 48.5 Å². The van der Waals surface area contributed by atoms with Gasteiger partial charge >= 0.3 is 5.69 Å². The van der Waals surface area contributed by atoms with Crippen LogP contribution in [-0.2, 0) is 0 Å². The third-order valence-corrected chi connectivity index (χ3v) is 2.37. The monoisotopic (exact) mass is 210 g/mol. The molecule has 78 valence electrons. The van der Waals surface area contributed by atoms with E-state index in [2.05, 4.69) is 10.3 Å². The number of aryl methyl sites for hydroxylation is 1. The summed E-state index contributed by atoms with van der Waals surface area (Å²) in [5.41, 5.74) is 3.55. The fraction of sp³-hybridized carbons (Fsp3) is 0.0769. The van der Waals surface area contributed by atoms with Gasteiger partial charge in [-0.25, -0.2) is 0 Å². The van der Waals surface area contributed by atoms with Crippen molar-refractivity contribution in [3.05, 3.63) is 59.1 Å². The summed E-state index contributed by atoms with van der Waals surface area (Å²) in [7, 11) is 0. The molecule has 0 saturated carbocycles. The summed E-state index contributed by atoms with van der Waals surface area (Å²) in [6.45, 7) is 1.91. The minimum atomic E-state index is 0.596. The zero-order valence-electron chi connectivity index (χ0n) is 9.01. The van der Waals surface area contributed by atoms with Crippen molar-refractivity contribution >= 4 is 17.1 Å². The number of benzene rings is 2. The maximum Gasteiger partial charge on any atom is 0.388 e. The minimum Gasteiger partial charge on any atom is -0.356 e. The zero-order valence-corrected chi connectivity index (χ0v) is 9.01. The third-order valence-electron chi connectivity index (χ3n) is 2.37. The second-order valence-electron chi connectivity index (χ2n) is 3.59. The normalized spacial score (nSPS) is 9.50. The highest BCUT2D eigenvalue weighted by Gasteiger charge is 2.09. The molecule has 0 saturated heterocycles. The van der Waals surface area contributed by atoms with Crippen LogP contribution < -0.4 is 5.32 Å². The lowest BCUT2D eigenvalue weighted by atomic mass is 10.2. The lowest BCUT2D eigenvalue weighted by Gasteiger charge is -2.05. The lowest BCUT2D eigenvalue weighted by molar-refractivity contribution is 1.41. The SMILES string of the molecule is Cc1cc(Nc2ccccc2)ccc1[N+]#N. The van der Waals surface area contributed by atoms with E-state index in [1.54, 1.807) is 6.07 Å². The highest BCUT2D eigenvalue weighted by atomic mass is 14.9. The molecule has 0 spiro atoms. The van der Waals surface area contributed by atoms with Gasteiger partial charge in [0.15, 0.2) is 4.98 Å². The van der Waals surface area contributed by atoms with Gasteiger partial charge in [0.1, 0.15) is 0 Å². The van der Waals surface area contributed by atoms with Crippen LogP contribution in [-0.4, -0.2) is 0 Å². The van der Waals surface area contributed by atoms with Gasteiger partial charge in [-0.2, -0.15) is 0 Å². The molecular formula is C13H12N3+. The molecular weight excluding hydrogens is 198 g/mol. The van der Waals surface area contributed by atoms with E-state index in [1.165, 1.54) is 0 Å². The van der Waals surface area contributed by atoms with Crippen molar-refractivity contribution in [1.29, 1.82) is 5.39 Å². The molecule has 0 aliphatic carbocycles. The molecule has 0 amide bonds. The first-order valence-electron chi connectivity index (χ1n) is 5.07. The van der Waals surface area contributed by atoms with Crippen molar-refractivity contribution in [3.8, 4) is 0 Å². The lowest BCUT2D eigenvalue weighted by Crippen LogP contribution is -1.89. The smallest absolute Gasteiger partial charge is 0.356 e. The van der Waals surface area contributed by atoms with Gasteiger partial charge in [-0.15, -0.1) is 0 Å². The van der Waals surface area contributed by atoms with Gasteiger partial charge in [-0.1, -0.05) is 18.2 Å². The van der Waals surface area contributed by atoms with Gasteiger partial charge in [0.2, 0.25) is 5.39 Å². The van der Waals surface area contributed by atoms with Gasteiger partial charge in [0, 0.05) is 23.0 Å². The molecule has 0 bridgehead atoms. The highest BCUT2D eigenvalue weighted by Crippen LogP contribution is 2.24. The molecule has 1 N–H and O–H groups in total. The average Bonchev–Trinajstić information content (AvgIpc) is 2.31. The Morgan fingerprint density at radius 2 is 1.75 bits per heavy atom. The van der Waals surface area contributed by atoms with Crippen molar-refractivity contribution < 1.29 is 0 Å². The highest BCUT2D eigenvalue weighted by molar-refractivity contribution is 5.65. The van der Waals surface area contributed by atoms with Gasteiger partial charge < -0.3 is 5.32 Å². The van der Waals surface area contributed by atoms with Crippen molar-refractivity contribution in [2.75, 3.05) is 5.32 Å². The molecule has 0 heterocycles. The minimum absolute atomic E-state index is 0.596. The van der Waals surface area contributed by atoms with E-state index in [4.69, 9.17) is 5.39 Å². The average molecular weight is 210 g/mol. The Morgan fingerprint density at radius 1 is 1.00 bits per heavy atom. The van der Waals surface area contributed by atoms with E-state index in [0.29, 0.717) is 5.69 Å². The topological polar surface area (TPSA) is 40.2 Å². The molecule has 16 heavy (non-hydrogen) atoms. The zero-order chi connectivity index (χ0) is 11.4. The molecule has 0 aliphatic heterocycles. The van der Waals surface area contributed by atoms with Crippen LogP contribution in [0.3, 0.4) is 0 Å². The van der Waals surface area contributed by atoms with E-state index < -0.39 is 0 Å². The molecule has 0 atom stereocenters. The molecule has 2 rings (SSSR count). The molecule has 0 aliphatic rings. The summed E-state index contributed by atoms with van der Waals surface area (Å²) in [4.78, 5) is 3.19. The quantitative estimate of drug-likeness (QED) is 0.754. The van der Waals surface area contributed by atoms with Crippen molar-refractivity contribution in [2.45, 2.75) is 6.92 Å². The van der Waals surface area contributed by atoms with Gasteiger partial charge in [-0.3, -0.25) is 0 Å². The van der Waals surface area contributed by atoms with E-state index in [1.807, 2.05) is 49.4 Å².